The monoisotopic (exact) mass is 367 g/mol. The average Bonchev–Trinajstić information content (AvgIpc) is 2.89. The van der Waals surface area contributed by atoms with E-state index in [-0.39, 0.29) is 5.91 Å². The molecule has 0 saturated heterocycles. The van der Waals surface area contributed by atoms with Crippen LogP contribution in [-0.2, 0) is 7.05 Å². The van der Waals surface area contributed by atoms with Crippen molar-refractivity contribution in [1.82, 2.24) is 9.55 Å². The lowest BCUT2D eigenvalue weighted by atomic mass is 10.1. The van der Waals surface area contributed by atoms with Crippen molar-refractivity contribution in [3.05, 3.63) is 69.6 Å². The van der Waals surface area contributed by atoms with E-state index >= 15 is 0 Å². The Labute approximate surface area is 153 Å². The van der Waals surface area contributed by atoms with E-state index in [9.17, 15) is 4.79 Å². The molecule has 2 aromatic carbocycles. The van der Waals surface area contributed by atoms with Crippen molar-refractivity contribution in [1.29, 1.82) is 0 Å². The van der Waals surface area contributed by atoms with Crippen molar-refractivity contribution < 1.29 is 4.79 Å². The summed E-state index contributed by atoms with van der Waals surface area (Å²) >= 11 is 7.49. The summed E-state index contributed by atoms with van der Waals surface area (Å²) in [6.45, 7) is 1.93. The van der Waals surface area contributed by atoms with Crippen molar-refractivity contribution >= 4 is 50.0 Å². The Morgan fingerprint density at radius 1 is 1.16 bits per heavy atom. The summed E-state index contributed by atoms with van der Waals surface area (Å²) in [5.41, 5.74) is 3.24. The first-order valence-electron chi connectivity index (χ1n) is 7.73. The van der Waals surface area contributed by atoms with Crippen LogP contribution in [0.4, 0.5) is 0 Å². The molecule has 124 valence electrons. The summed E-state index contributed by atoms with van der Waals surface area (Å²) in [7, 11) is 1.89. The van der Waals surface area contributed by atoms with Crippen LogP contribution < -0.4 is 4.80 Å². The molecule has 25 heavy (non-hydrogen) atoms. The van der Waals surface area contributed by atoms with Crippen LogP contribution in [0.3, 0.4) is 0 Å². The molecule has 0 spiro atoms. The molecule has 6 heteroatoms. The van der Waals surface area contributed by atoms with Gasteiger partial charge in [-0.1, -0.05) is 35.1 Å². The number of aromatic nitrogens is 2. The quantitative estimate of drug-likeness (QED) is 0.497. The van der Waals surface area contributed by atoms with Gasteiger partial charge in [-0.15, -0.1) is 0 Å². The minimum absolute atomic E-state index is 0.279. The Balaban J connectivity index is 1.81. The lowest BCUT2D eigenvalue weighted by molar-refractivity contribution is 0.0998. The van der Waals surface area contributed by atoms with Gasteiger partial charge in [0, 0.05) is 28.7 Å². The van der Waals surface area contributed by atoms with Gasteiger partial charge < -0.3 is 4.57 Å². The fraction of sp³-hybridized carbons (Fsp3) is 0.105. The molecule has 4 nitrogen and oxygen atoms in total. The van der Waals surface area contributed by atoms with Gasteiger partial charge in [0.1, 0.15) is 0 Å². The second-order valence-electron chi connectivity index (χ2n) is 5.83. The average molecular weight is 368 g/mol. The number of aryl methyl sites for hydroxylation is 2. The third-order valence-corrected chi connectivity index (χ3v) is 5.38. The van der Waals surface area contributed by atoms with E-state index in [1.165, 1.54) is 11.3 Å². The van der Waals surface area contributed by atoms with Crippen LogP contribution >= 0.6 is 22.9 Å². The molecule has 0 unspecified atom stereocenters. The summed E-state index contributed by atoms with van der Waals surface area (Å²) in [6.07, 6.45) is 0. The Morgan fingerprint density at radius 3 is 2.80 bits per heavy atom. The first kappa shape index (κ1) is 16.0. The van der Waals surface area contributed by atoms with Gasteiger partial charge in [-0.25, -0.2) is 0 Å². The second kappa shape index (κ2) is 6.10. The number of halogens is 1. The largest absolute Gasteiger partial charge is 0.319 e. The zero-order valence-corrected chi connectivity index (χ0v) is 15.2. The molecule has 0 aliphatic rings. The number of fused-ring (bicyclic) bond motifs is 2. The van der Waals surface area contributed by atoms with Crippen molar-refractivity contribution in [3.63, 3.8) is 0 Å². The summed E-state index contributed by atoms with van der Waals surface area (Å²) in [6, 6.07) is 15.1. The Morgan fingerprint density at radius 2 is 1.96 bits per heavy atom. The van der Waals surface area contributed by atoms with Gasteiger partial charge >= 0.3 is 0 Å². The number of nitrogens with zero attached hydrogens (tertiary/aromatic N) is 3. The lowest BCUT2D eigenvalue weighted by Crippen LogP contribution is -2.13. The molecule has 2 aromatic heterocycles. The molecule has 0 aliphatic heterocycles. The van der Waals surface area contributed by atoms with Crippen LogP contribution in [0.25, 0.3) is 21.1 Å². The molecule has 0 radical (unpaired) electrons. The number of thiazole rings is 1. The van der Waals surface area contributed by atoms with E-state index in [1.54, 1.807) is 12.1 Å². The molecule has 0 fully saturated rings. The standard InChI is InChI=1S/C19H14ClN3OS/c1-11-3-4-12-5-6-13(9-15(12)21-11)18(24)22-19-23(2)16-8-7-14(20)10-17(16)25-19/h3-10H,1-2H3. The highest BCUT2D eigenvalue weighted by Crippen LogP contribution is 2.21. The summed E-state index contributed by atoms with van der Waals surface area (Å²) in [5.74, 6) is -0.279. The predicted molar refractivity (Wildman–Crippen MR) is 102 cm³/mol. The Hall–Kier alpha value is -2.50. The van der Waals surface area contributed by atoms with Crippen LogP contribution in [0.1, 0.15) is 16.1 Å². The van der Waals surface area contributed by atoms with Crippen molar-refractivity contribution in [2.24, 2.45) is 12.0 Å². The van der Waals surface area contributed by atoms with Crippen LogP contribution in [0.15, 0.2) is 53.5 Å². The van der Waals surface area contributed by atoms with Crippen LogP contribution in [0.2, 0.25) is 5.02 Å². The molecule has 1 amide bonds. The molecular weight excluding hydrogens is 354 g/mol. The van der Waals surface area contributed by atoms with E-state index in [0.717, 1.165) is 26.8 Å². The van der Waals surface area contributed by atoms with E-state index in [0.29, 0.717) is 15.4 Å². The second-order valence-corrected chi connectivity index (χ2v) is 7.28. The van der Waals surface area contributed by atoms with Gasteiger partial charge in [0.05, 0.1) is 15.7 Å². The van der Waals surface area contributed by atoms with Crippen molar-refractivity contribution in [2.75, 3.05) is 0 Å². The van der Waals surface area contributed by atoms with Crippen molar-refractivity contribution in [3.8, 4) is 0 Å². The van der Waals surface area contributed by atoms with E-state index in [2.05, 4.69) is 9.98 Å². The molecule has 0 aliphatic carbocycles. The van der Waals surface area contributed by atoms with Crippen LogP contribution in [0.5, 0.6) is 0 Å². The highest BCUT2D eigenvalue weighted by atomic mass is 35.5. The summed E-state index contributed by atoms with van der Waals surface area (Å²) < 4.78 is 2.90. The zero-order valence-electron chi connectivity index (χ0n) is 13.7. The highest BCUT2D eigenvalue weighted by molar-refractivity contribution is 7.16. The van der Waals surface area contributed by atoms with E-state index in [1.807, 2.05) is 54.9 Å². The molecular formula is C19H14ClN3OS. The minimum atomic E-state index is -0.279. The van der Waals surface area contributed by atoms with Gasteiger partial charge in [0.2, 0.25) is 0 Å². The number of carbonyl (C=O) groups excluding carboxylic acids is 1. The number of hydrogen-bond acceptors (Lipinski definition) is 3. The van der Waals surface area contributed by atoms with Gasteiger partial charge in [0.25, 0.3) is 5.91 Å². The minimum Gasteiger partial charge on any atom is -0.319 e. The number of carbonyl (C=O) groups is 1. The maximum Gasteiger partial charge on any atom is 0.279 e. The molecule has 2 heterocycles. The smallest absolute Gasteiger partial charge is 0.279 e. The Kier molecular flexibility index (Phi) is 3.90. The molecule has 0 N–H and O–H groups in total. The lowest BCUT2D eigenvalue weighted by Gasteiger charge is -2.01. The number of rotatable bonds is 1. The fourth-order valence-corrected chi connectivity index (χ4v) is 4.01. The van der Waals surface area contributed by atoms with Gasteiger partial charge in [-0.3, -0.25) is 9.78 Å². The predicted octanol–water partition coefficient (Wildman–Crippen LogP) is 4.49. The Bertz CT molecular complexity index is 1210. The van der Waals surface area contributed by atoms with Crippen molar-refractivity contribution in [2.45, 2.75) is 6.92 Å². The third kappa shape index (κ3) is 2.97. The fourth-order valence-electron chi connectivity index (χ4n) is 2.72. The van der Waals surface area contributed by atoms with Gasteiger partial charge in [-0.05, 0) is 43.3 Å². The normalized spacial score (nSPS) is 12.2. The molecule has 4 rings (SSSR count). The van der Waals surface area contributed by atoms with E-state index in [4.69, 9.17) is 11.6 Å². The summed E-state index contributed by atoms with van der Waals surface area (Å²) in [4.78, 5) is 22.0. The zero-order chi connectivity index (χ0) is 17.6. The van der Waals surface area contributed by atoms with Crippen LogP contribution in [0, 0.1) is 6.92 Å². The number of hydrogen-bond donors (Lipinski definition) is 0. The SMILES string of the molecule is Cc1ccc2ccc(C(=O)N=c3sc4cc(Cl)ccc4n3C)cc2n1. The third-order valence-electron chi connectivity index (χ3n) is 4.05. The first-order chi connectivity index (χ1) is 12.0. The van der Waals surface area contributed by atoms with Crippen LogP contribution in [-0.4, -0.2) is 15.5 Å². The number of pyridine rings is 1. The number of amides is 1. The maximum absolute atomic E-state index is 12.6. The summed E-state index contributed by atoms with van der Waals surface area (Å²) in [5, 5.41) is 1.67. The maximum atomic E-state index is 12.6. The van der Waals surface area contributed by atoms with Gasteiger partial charge in [0.15, 0.2) is 4.80 Å². The topological polar surface area (TPSA) is 47.2 Å². The van der Waals surface area contributed by atoms with E-state index < -0.39 is 0 Å². The first-order valence-corrected chi connectivity index (χ1v) is 8.92. The number of benzene rings is 2. The molecule has 0 bridgehead atoms. The highest BCUT2D eigenvalue weighted by Gasteiger charge is 2.09. The molecule has 0 atom stereocenters. The molecule has 0 saturated carbocycles. The van der Waals surface area contributed by atoms with Gasteiger partial charge in [-0.2, -0.15) is 4.99 Å². The molecule has 4 aromatic rings.